The van der Waals surface area contributed by atoms with E-state index in [9.17, 15) is 0 Å². The Morgan fingerprint density at radius 3 is 2.43 bits per heavy atom. The molecule has 3 aromatic rings. The number of hydrogen-bond donors (Lipinski definition) is 1. The topological polar surface area (TPSA) is 42.7 Å². The van der Waals surface area contributed by atoms with Crippen LogP contribution in [0.25, 0.3) is 6.08 Å². The Morgan fingerprint density at radius 2 is 1.78 bits per heavy atom. The molecule has 0 saturated carbocycles. The lowest BCUT2D eigenvalue weighted by Crippen LogP contribution is -2.06. The van der Waals surface area contributed by atoms with Crippen molar-refractivity contribution in [1.82, 2.24) is 14.8 Å². The predicted molar refractivity (Wildman–Crippen MR) is 94.5 cm³/mol. The number of aromatic nitrogens is 3. The van der Waals surface area contributed by atoms with Crippen molar-refractivity contribution in [2.75, 3.05) is 12.4 Å². The highest BCUT2D eigenvalue weighted by Gasteiger charge is 2.09. The monoisotopic (exact) mass is 304 g/mol. The van der Waals surface area contributed by atoms with Crippen molar-refractivity contribution in [2.45, 2.75) is 13.0 Å². The summed E-state index contributed by atoms with van der Waals surface area (Å²) >= 11 is 0. The molecular weight excluding hydrogens is 284 g/mol. The Labute approximate surface area is 136 Å². The number of nitrogens with zero attached hydrogens (tertiary/aromatic N) is 3. The number of rotatable bonds is 6. The van der Waals surface area contributed by atoms with E-state index < -0.39 is 0 Å². The summed E-state index contributed by atoms with van der Waals surface area (Å²) in [5.41, 5.74) is 3.51. The fourth-order valence-electron chi connectivity index (χ4n) is 2.47. The molecule has 4 heteroatoms. The van der Waals surface area contributed by atoms with Gasteiger partial charge in [0.25, 0.3) is 0 Å². The van der Waals surface area contributed by atoms with Gasteiger partial charge >= 0.3 is 0 Å². The third-order valence-electron chi connectivity index (χ3n) is 3.69. The Balaban J connectivity index is 1.79. The minimum absolute atomic E-state index is 0.690. The first-order valence-corrected chi connectivity index (χ1v) is 7.65. The average Bonchev–Trinajstić information content (AvgIpc) is 2.98. The van der Waals surface area contributed by atoms with Crippen LogP contribution in [0.1, 0.15) is 22.5 Å². The van der Waals surface area contributed by atoms with Crippen LogP contribution >= 0.6 is 0 Å². The summed E-state index contributed by atoms with van der Waals surface area (Å²) in [6, 6.07) is 18.6. The maximum absolute atomic E-state index is 4.64. The van der Waals surface area contributed by atoms with E-state index >= 15 is 0 Å². The Kier molecular flexibility index (Phi) is 4.52. The summed E-state index contributed by atoms with van der Waals surface area (Å²) in [5.74, 6) is 1.60. The van der Waals surface area contributed by atoms with E-state index in [0.29, 0.717) is 6.54 Å². The van der Waals surface area contributed by atoms with Crippen LogP contribution in [-0.4, -0.2) is 21.8 Å². The second kappa shape index (κ2) is 6.92. The molecule has 1 aromatic heterocycles. The lowest BCUT2D eigenvalue weighted by atomic mass is 10.1. The van der Waals surface area contributed by atoms with Crippen molar-refractivity contribution in [3.8, 4) is 0 Å². The van der Waals surface area contributed by atoms with Crippen molar-refractivity contribution in [3.63, 3.8) is 0 Å². The molecule has 0 spiro atoms. The third kappa shape index (κ3) is 3.66. The largest absolute Gasteiger partial charge is 0.357 e. The summed E-state index contributed by atoms with van der Waals surface area (Å²) in [7, 11) is 1.87. The van der Waals surface area contributed by atoms with Crippen LogP contribution in [0.15, 0.2) is 61.2 Å². The van der Waals surface area contributed by atoms with Crippen LogP contribution in [-0.2, 0) is 13.0 Å². The van der Waals surface area contributed by atoms with Gasteiger partial charge in [-0.2, -0.15) is 10.1 Å². The maximum atomic E-state index is 4.64. The van der Waals surface area contributed by atoms with E-state index in [0.717, 1.165) is 23.8 Å². The zero-order chi connectivity index (χ0) is 16.1. The van der Waals surface area contributed by atoms with E-state index in [4.69, 9.17) is 0 Å². The van der Waals surface area contributed by atoms with Gasteiger partial charge in [-0.1, -0.05) is 67.3 Å². The molecule has 23 heavy (non-hydrogen) atoms. The first-order chi connectivity index (χ1) is 11.3. The molecule has 1 heterocycles. The normalized spacial score (nSPS) is 10.5. The van der Waals surface area contributed by atoms with Crippen LogP contribution in [0, 0.1) is 0 Å². The molecule has 0 amide bonds. The summed E-state index contributed by atoms with van der Waals surface area (Å²) in [4.78, 5) is 4.58. The second-order valence-corrected chi connectivity index (χ2v) is 5.37. The summed E-state index contributed by atoms with van der Waals surface area (Å²) in [5, 5.41) is 7.75. The lowest BCUT2D eigenvalue weighted by molar-refractivity contribution is 0.682. The van der Waals surface area contributed by atoms with Crippen molar-refractivity contribution >= 4 is 12.0 Å². The molecular formula is C19H20N4. The molecule has 0 aliphatic carbocycles. The Hall–Kier alpha value is -2.88. The van der Waals surface area contributed by atoms with Crippen LogP contribution in [0.5, 0.6) is 0 Å². The maximum Gasteiger partial charge on any atom is 0.221 e. The number of benzene rings is 2. The van der Waals surface area contributed by atoms with E-state index in [1.807, 2.05) is 36.0 Å². The number of hydrogen-bond acceptors (Lipinski definition) is 3. The van der Waals surface area contributed by atoms with Crippen molar-refractivity contribution < 1.29 is 0 Å². The predicted octanol–water partition coefficient (Wildman–Crippen LogP) is 3.60. The van der Waals surface area contributed by atoms with E-state index in [-0.39, 0.29) is 0 Å². The molecule has 2 aromatic carbocycles. The van der Waals surface area contributed by atoms with E-state index in [1.165, 1.54) is 11.1 Å². The molecule has 0 bridgehead atoms. The van der Waals surface area contributed by atoms with Crippen LogP contribution in [0.3, 0.4) is 0 Å². The molecule has 0 unspecified atom stereocenters. The highest BCUT2D eigenvalue weighted by Crippen LogP contribution is 2.13. The molecule has 116 valence electrons. The standard InChI is InChI=1S/C19H20N4/c1-3-15-9-11-17(12-10-15)14-23-19(20-2)21-18(22-23)13-16-7-5-4-6-8-16/h3-12H,1,13-14H2,2H3,(H,20,21,22). The Bertz CT molecular complexity index is 773. The highest BCUT2D eigenvalue weighted by atomic mass is 15.4. The molecule has 0 fully saturated rings. The summed E-state index contributed by atoms with van der Waals surface area (Å²) in [6.45, 7) is 4.47. The molecule has 0 aliphatic rings. The van der Waals surface area contributed by atoms with Gasteiger partial charge in [-0.05, 0) is 16.7 Å². The van der Waals surface area contributed by atoms with Crippen LogP contribution in [0.2, 0.25) is 0 Å². The SMILES string of the molecule is C=Cc1ccc(Cn2nc(Cc3ccccc3)nc2NC)cc1. The molecule has 0 saturated heterocycles. The van der Waals surface area contributed by atoms with Gasteiger partial charge in [0.2, 0.25) is 5.95 Å². The zero-order valence-electron chi connectivity index (χ0n) is 13.2. The van der Waals surface area contributed by atoms with Gasteiger partial charge < -0.3 is 5.32 Å². The van der Waals surface area contributed by atoms with Gasteiger partial charge in [0.1, 0.15) is 0 Å². The van der Waals surface area contributed by atoms with E-state index in [1.54, 1.807) is 0 Å². The average molecular weight is 304 g/mol. The molecule has 0 aliphatic heterocycles. The van der Waals surface area contributed by atoms with Crippen molar-refractivity contribution in [1.29, 1.82) is 0 Å². The van der Waals surface area contributed by atoms with Crippen LogP contribution < -0.4 is 5.32 Å². The second-order valence-electron chi connectivity index (χ2n) is 5.37. The first-order valence-electron chi connectivity index (χ1n) is 7.65. The third-order valence-corrected chi connectivity index (χ3v) is 3.69. The van der Waals surface area contributed by atoms with Crippen molar-refractivity contribution in [3.05, 3.63) is 83.7 Å². The minimum atomic E-state index is 0.690. The molecule has 4 nitrogen and oxygen atoms in total. The molecule has 1 N–H and O–H groups in total. The highest BCUT2D eigenvalue weighted by molar-refractivity contribution is 5.47. The van der Waals surface area contributed by atoms with Gasteiger partial charge in [0.05, 0.1) is 6.54 Å². The number of nitrogens with one attached hydrogen (secondary N) is 1. The van der Waals surface area contributed by atoms with Gasteiger partial charge in [-0.25, -0.2) is 4.68 Å². The molecule has 0 radical (unpaired) electrons. The quantitative estimate of drug-likeness (QED) is 0.756. The van der Waals surface area contributed by atoms with Gasteiger partial charge in [-0.15, -0.1) is 0 Å². The fraction of sp³-hybridized carbons (Fsp3) is 0.158. The zero-order valence-corrected chi connectivity index (χ0v) is 13.2. The van der Waals surface area contributed by atoms with E-state index in [2.05, 4.69) is 58.4 Å². The minimum Gasteiger partial charge on any atom is -0.357 e. The van der Waals surface area contributed by atoms with Gasteiger partial charge in [0, 0.05) is 13.5 Å². The molecule has 3 rings (SSSR count). The smallest absolute Gasteiger partial charge is 0.221 e. The van der Waals surface area contributed by atoms with Gasteiger partial charge in [-0.3, -0.25) is 0 Å². The van der Waals surface area contributed by atoms with Crippen LogP contribution in [0.4, 0.5) is 5.95 Å². The molecule has 0 atom stereocenters. The van der Waals surface area contributed by atoms with Gasteiger partial charge in [0.15, 0.2) is 5.82 Å². The fourth-order valence-corrected chi connectivity index (χ4v) is 2.47. The Morgan fingerprint density at radius 1 is 1.04 bits per heavy atom. The van der Waals surface area contributed by atoms with Crippen molar-refractivity contribution in [2.24, 2.45) is 0 Å². The first kappa shape index (κ1) is 15.0. The summed E-state index contributed by atoms with van der Waals surface area (Å²) in [6.07, 6.45) is 2.58. The summed E-state index contributed by atoms with van der Waals surface area (Å²) < 4.78 is 1.90. The number of anilines is 1. The lowest BCUT2D eigenvalue weighted by Gasteiger charge is -2.05.